The fraction of sp³-hybridized carbons (Fsp3) is 0.480. The molecule has 0 spiro atoms. The van der Waals surface area contributed by atoms with Crippen LogP contribution in [0.15, 0.2) is 59.5 Å². The Morgan fingerprint density at radius 3 is 2.31 bits per heavy atom. The van der Waals surface area contributed by atoms with E-state index < -0.39 is 10.0 Å². The van der Waals surface area contributed by atoms with Crippen molar-refractivity contribution < 1.29 is 13.2 Å². The molecule has 1 N–H and O–H groups in total. The molecule has 2 heterocycles. The molecule has 2 fully saturated rings. The van der Waals surface area contributed by atoms with Crippen molar-refractivity contribution in [2.24, 2.45) is 5.92 Å². The second-order valence-electron chi connectivity index (χ2n) is 8.84. The summed E-state index contributed by atoms with van der Waals surface area (Å²) in [5.74, 6) is -0.387. The zero-order chi connectivity index (χ0) is 22.4. The summed E-state index contributed by atoms with van der Waals surface area (Å²) < 4.78 is 27.4. The first-order valence-corrected chi connectivity index (χ1v) is 13.1. The summed E-state index contributed by atoms with van der Waals surface area (Å²) in [4.78, 5) is 15.7. The molecule has 1 unspecified atom stereocenters. The first-order valence-electron chi connectivity index (χ1n) is 11.7. The first kappa shape index (κ1) is 23.0. The van der Waals surface area contributed by atoms with Gasteiger partial charge in [-0.25, -0.2) is 8.42 Å². The molecule has 1 amide bonds. The Labute approximate surface area is 191 Å². The molecular formula is C25H33N3O3S. The third kappa shape index (κ3) is 5.57. The number of carbonyl (C=O) groups excluding carboxylic acids is 1. The summed E-state index contributed by atoms with van der Waals surface area (Å²) in [5.41, 5.74) is 2.39. The summed E-state index contributed by atoms with van der Waals surface area (Å²) in [6.45, 7) is 4.35. The van der Waals surface area contributed by atoms with E-state index in [4.69, 9.17) is 0 Å². The standard InChI is InChI=1S/C25H33N3O3S/c29-25(23-12-9-17-28(20-23)32(30,31)24-13-3-1-4-14-24)26-18-21-10-5-6-11-22(21)19-27-15-7-2-8-16-27/h1,3-6,10-11,13-14,23H,2,7-9,12,15-20H2,(H,26,29). The number of rotatable bonds is 7. The molecule has 32 heavy (non-hydrogen) atoms. The predicted molar refractivity (Wildman–Crippen MR) is 125 cm³/mol. The van der Waals surface area contributed by atoms with Crippen molar-refractivity contribution in [3.8, 4) is 0 Å². The van der Waals surface area contributed by atoms with Gasteiger partial charge in [0.15, 0.2) is 0 Å². The molecule has 0 radical (unpaired) electrons. The van der Waals surface area contributed by atoms with Gasteiger partial charge in [-0.3, -0.25) is 9.69 Å². The number of sulfonamides is 1. The Kier molecular flexibility index (Phi) is 7.60. The van der Waals surface area contributed by atoms with Gasteiger partial charge in [0.2, 0.25) is 15.9 Å². The van der Waals surface area contributed by atoms with E-state index in [1.807, 2.05) is 6.07 Å². The minimum atomic E-state index is -3.57. The molecule has 2 saturated heterocycles. The molecule has 172 valence electrons. The van der Waals surface area contributed by atoms with Crippen molar-refractivity contribution in [3.63, 3.8) is 0 Å². The van der Waals surface area contributed by atoms with Crippen molar-refractivity contribution in [2.75, 3.05) is 26.2 Å². The van der Waals surface area contributed by atoms with Crippen LogP contribution in [0.2, 0.25) is 0 Å². The summed E-state index contributed by atoms with van der Waals surface area (Å²) >= 11 is 0. The van der Waals surface area contributed by atoms with Gasteiger partial charge in [-0.05, 0) is 62.0 Å². The number of hydrogen-bond acceptors (Lipinski definition) is 4. The van der Waals surface area contributed by atoms with E-state index in [0.29, 0.717) is 25.9 Å². The maximum atomic E-state index is 13.0. The van der Waals surface area contributed by atoms with Gasteiger partial charge in [0, 0.05) is 26.2 Å². The molecule has 1 atom stereocenters. The van der Waals surface area contributed by atoms with Crippen molar-refractivity contribution in [1.82, 2.24) is 14.5 Å². The minimum absolute atomic E-state index is 0.0641. The number of nitrogens with zero attached hydrogens (tertiary/aromatic N) is 2. The average Bonchev–Trinajstić information content (AvgIpc) is 2.84. The molecular weight excluding hydrogens is 422 g/mol. The van der Waals surface area contributed by atoms with Crippen LogP contribution >= 0.6 is 0 Å². The Balaban J connectivity index is 1.36. The van der Waals surface area contributed by atoms with E-state index in [2.05, 4.69) is 28.4 Å². The van der Waals surface area contributed by atoms with Crippen molar-refractivity contribution in [1.29, 1.82) is 0 Å². The van der Waals surface area contributed by atoms with Gasteiger partial charge < -0.3 is 5.32 Å². The summed E-state index contributed by atoms with van der Waals surface area (Å²) in [6.07, 6.45) is 5.22. The maximum absolute atomic E-state index is 13.0. The number of benzene rings is 2. The molecule has 0 bridgehead atoms. The highest BCUT2D eigenvalue weighted by molar-refractivity contribution is 7.89. The highest BCUT2D eigenvalue weighted by atomic mass is 32.2. The molecule has 0 aliphatic carbocycles. The lowest BCUT2D eigenvalue weighted by molar-refractivity contribution is -0.126. The normalized spacial score (nSPS) is 20.7. The van der Waals surface area contributed by atoms with E-state index in [-0.39, 0.29) is 23.3 Å². The number of piperidine rings is 2. The van der Waals surface area contributed by atoms with Gasteiger partial charge in [0.1, 0.15) is 0 Å². The van der Waals surface area contributed by atoms with Crippen LogP contribution in [-0.2, 0) is 27.9 Å². The van der Waals surface area contributed by atoms with Crippen molar-refractivity contribution in [2.45, 2.75) is 50.1 Å². The van der Waals surface area contributed by atoms with Gasteiger partial charge in [-0.15, -0.1) is 0 Å². The van der Waals surface area contributed by atoms with E-state index >= 15 is 0 Å². The topological polar surface area (TPSA) is 69.7 Å². The Morgan fingerprint density at radius 2 is 1.56 bits per heavy atom. The highest BCUT2D eigenvalue weighted by Gasteiger charge is 2.33. The molecule has 6 nitrogen and oxygen atoms in total. The van der Waals surface area contributed by atoms with Gasteiger partial charge in [-0.2, -0.15) is 4.31 Å². The van der Waals surface area contributed by atoms with Gasteiger partial charge in [0.25, 0.3) is 0 Å². The zero-order valence-electron chi connectivity index (χ0n) is 18.6. The fourth-order valence-electron chi connectivity index (χ4n) is 4.69. The minimum Gasteiger partial charge on any atom is -0.352 e. The van der Waals surface area contributed by atoms with Crippen LogP contribution in [0.25, 0.3) is 0 Å². The number of carbonyl (C=O) groups is 1. The summed E-state index contributed by atoms with van der Waals surface area (Å²) in [6, 6.07) is 16.8. The third-order valence-electron chi connectivity index (χ3n) is 6.55. The van der Waals surface area contributed by atoms with Gasteiger partial charge >= 0.3 is 0 Å². The lowest BCUT2D eigenvalue weighted by Crippen LogP contribution is -2.45. The van der Waals surface area contributed by atoms with Crippen LogP contribution in [0.5, 0.6) is 0 Å². The molecule has 2 aliphatic rings. The molecule has 7 heteroatoms. The number of amides is 1. The molecule has 0 saturated carbocycles. The highest BCUT2D eigenvalue weighted by Crippen LogP contribution is 2.24. The Hall–Kier alpha value is -2.22. The number of nitrogens with one attached hydrogen (secondary N) is 1. The van der Waals surface area contributed by atoms with Crippen molar-refractivity contribution >= 4 is 15.9 Å². The molecule has 2 aromatic carbocycles. The SMILES string of the molecule is O=C(NCc1ccccc1CN1CCCCC1)C1CCCN(S(=O)(=O)c2ccccc2)C1. The smallest absolute Gasteiger partial charge is 0.243 e. The zero-order valence-corrected chi connectivity index (χ0v) is 19.4. The third-order valence-corrected chi connectivity index (χ3v) is 8.43. The van der Waals surface area contributed by atoms with Crippen LogP contribution in [0.3, 0.4) is 0 Å². The Morgan fingerprint density at radius 1 is 0.875 bits per heavy atom. The largest absolute Gasteiger partial charge is 0.352 e. The fourth-order valence-corrected chi connectivity index (χ4v) is 6.23. The second kappa shape index (κ2) is 10.6. The number of hydrogen-bond donors (Lipinski definition) is 1. The second-order valence-corrected chi connectivity index (χ2v) is 10.8. The lowest BCUT2D eigenvalue weighted by Gasteiger charge is -2.31. The Bertz CT molecular complexity index is 1000. The average molecular weight is 456 g/mol. The van der Waals surface area contributed by atoms with Crippen LogP contribution in [0.4, 0.5) is 0 Å². The van der Waals surface area contributed by atoms with E-state index in [1.54, 1.807) is 30.3 Å². The molecule has 2 aliphatic heterocycles. The lowest BCUT2D eigenvalue weighted by atomic mass is 9.98. The number of likely N-dealkylation sites (tertiary alicyclic amines) is 1. The van der Waals surface area contributed by atoms with E-state index in [1.165, 1.54) is 29.1 Å². The van der Waals surface area contributed by atoms with Crippen LogP contribution < -0.4 is 5.32 Å². The maximum Gasteiger partial charge on any atom is 0.243 e. The molecule has 4 rings (SSSR count). The first-order chi connectivity index (χ1) is 15.5. The van der Waals surface area contributed by atoms with Gasteiger partial charge in [0.05, 0.1) is 10.8 Å². The van der Waals surface area contributed by atoms with Gasteiger partial charge in [-0.1, -0.05) is 48.9 Å². The monoisotopic (exact) mass is 455 g/mol. The van der Waals surface area contributed by atoms with Crippen LogP contribution in [-0.4, -0.2) is 49.7 Å². The van der Waals surface area contributed by atoms with Crippen LogP contribution in [0.1, 0.15) is 43.2 Å². The quantitative estimate of drug-likeness (QED) is 0.695. The predicted octanol–water partition coefficient (Wildman–Crippen LogP) is 3.39. The summed E-state index contributed by atoms with van der Waals surface area (Å²) in [5, 5.41) is 3.08. The summed E-state index contributed by atoms with van der Waals surface area (Å²) in [7, 11) is -3.57. The molecule has 0 aromatic heterocycles. The van der Waals surface area contributed by atoms with E-state index in [9.17, 15) is 13.2 Å². The van der Waals surface area contributed by atoms with Crippen molar-refractivity contribution in [3.05, 3.63) is 65.7 Å². The molecule has 2 aromatic rings. The van der Waals surface area contributed by atoms with E-state index in [0.717, 1.165) is 25.2 Å². The van der Waals surface area contributed by atoms with Crippen LogP contribution in [0, 0.1) is 5.92 Å².